The summed E-state index contributed by atoms with van der Waals surface area (Å²) in [4.78, 5) is 20.8. The lowest BCUT2D eigenvalue weighted by Gasteiger charge is -2.31. The molecule has 19 heavy (non-hydrogen) atoms. The Bertz CT molecular complexity index is 329. The zero-order valence-corrected chi connectivity index (χ0v) is 13.2. The third kappa shape index (κ3) is 9.87. The fourth-order valence-electron chi connectivity index (χ4n) is 1.35. The van der Waals surface area contributed by atoms with Gasteiger partial charge in [-0.25, -0.2) is 4.79 Å². The molecule has 0 rings (SSSR count). The normalized spacial score (nSPS) is 15.7. The van der Waals surface area contributed by atoms with Gasteiger partial charge in [-0.2, -0.15) is 13.2 Å². The minimum absolute atomic E-state index is 0.0347. The summed E-state index contributed by atoms with van der Waals surface area (Å²) in [6.45, 7) is 7.87. The van der Waals surface area contributed by atoms with Crippen LogP contribution in [0.3, 0.4) is 0 Å². The van der Waals surface area contributed by atoms with E-state index < -0.39 is 41.5 Å². The van der Waals surface area contributed by atoms with Crippen molar-refractivity contribution in [3.63, 3.8) is 0 Å². The molecule has 0 saturated heterocycles. The number of carbonyl (C=O) groups is 1. The van der Waals surface area contributed by atoms with Gasteiger partial charge in [-0.15, -0.1) is 0 Å². The summed E-state index contributed by atoms with van der Waals surface area (Å²) in [5, 5.41) is 0. The van der Waals surface area contributed by atoms with Gasteiger partial charge in [-0.05, 0) is 25.7 Å². The van der Waals surface area contributed by atoms with E-state index in [4.69, 9.17) is 8.85 Å². The Balaban J connectivity index is 4.37. The van der Waals surface area contributed by atoms with Crippen molar-refractivity contribution >= 4 is 22.8 Å². The van der Waals surface area contributed by atoms with Crippen molar-refractivity contribution in [1.29, 1.82) is 0 Å². The van der Waals surface area contributed by atoms with Crippen LogP contribution in [0.15, 0.2) is 12.7 Å². The van der Waals surface area contributed by atoms with E-state index in [1.807, 2.05) is 0 Å². The summed E-state index contributed by atoms with van der Waals surface area (Å²) in [6.07, 6.45) is -4.44. The first-order chi connectivity index (χ1) is 8.37. The van der Waals surface area contributed by atoms with Crippen LogP contribution in [-0.2, 0) is 13.6 Å². The lowest BCUT2D eigenvalue weighted by molar-refractivity contribution is -0.136. The fraction of sp³-hybridized carbons (Fsp3) is 0.700. The fourth-order valence-corrected chi connectivity index (χ4v) is 8.00. The minimum Gasteiger partial charge on any atom is -0.463 e. The van der Waals surface area contributed by atoms with Crippen LogP contribution < -0.4 is 0 Å². The van der Waals surface area contributed by atoms with Gasteiger partial charge in [-0.1, -0.05) is 6.58 Å². The highest BCUT2D eigenvalue weighted by Crippen LogP contribution is 2.27. The smallest absolute Gasteiger partial charge is 0.389 e. The second-order valence-electron chi connectivity index (χ2n) is 4.96. The van der Waals surface area contributed by atoms with E-state index in [0.717, 1.165) is 6.08 Å². The number of ether oxygens (including phenoxy) is 1. The van der Waals surface area contributed by atoms with Crippen molar-refractivity contribution in [3.05, 3.63) is 12.7 Å². The quantitative estimate of drug-likeness (QED) is 0.445. The number of esters is 1. The topological polar surface area (TPSA) is 55.8 Å². The Morgan fingerprint density at radius 1 is 1.37 bits per heavy atom. The van der Waals surface area contributed by atoms with Gasteiger partial charge >= 0.3 is 20.7 Å². The molecule has 1 unspecified atom stereocenters. The molecule has 0 aliphatic carbocycles. The van der Waals surface area contributed by atoms with Gasteiger partial charge < -0.3 is 13.6 Å². The maximum atomic E-state index is 12.1. The van der Waals surface area contributed by atoms with Crippen LogP contribution in [0.5, 0.6) is 0 Å². The molecule has 0 aromatic carbocycles. The zero-order chi connectivity index (χ0) is 15.3. The van der Waals surface area contributed by atoms with Gasteiger partial charge in [0.25, 0.3) is 0 Å². The van der Waals surface area contributed by atoms with Crippen molar-refractivity contribution in [1.82, 2.24) is 0 Å². The molecule has 0 aliphatic rings. The second kappa shape index (κ2) is 6.68. The maximum absolute atomic E-state index is 12.1. The molecule has 0 bridgehead atoms. The number of carbonyl (C=O) groups excluding carboxylic acids is 1. The second-order valence-corrected chi connectivity index (χ2v) is 12.4. The molecule has 0 amide bonds. The average Bonchev–Trinajstić information content (AvgIpc) is 2.21. The van der Waals surface area contributed by atoms with Gasteiger partial charge in [0.15, 0.2) is 0 Å². The largest absolute Gasteiger partial charge is 0.463 e. The Morgan fingerprint density at radius 2 is 1.89 bits per heavy atom. The van der Waals surface area contributed by atoms with Gasteiger partial charge in [0, 0.05) is 12.5 Å². The molecular formula is C10H19F3O4Si2. The monoisotopic (exact) mass is 316 g/mol. The van der Waals surface area contributed by atoms with Gasteiger partial charge in [0.2, 0.25) is 8.32 Å². The molecule has 0 aromatic rings. The Hall–Kier alpha value is -0.646. The van der Waals surface area contributed by atoms with Gasteiger partial charge in [0.1, 0.15) is 6.23 Å². The Labute approximate surface area is 112 Å². The van der Waals surface area contributed by atoms with Crippen LogP contribution in [0.1, 0.15) is 6.42 Å². The van der Waals surface area contributed by atoms with Gasteiger partial charge in [0.05, 0.1) is 0 Å². The molecule has 112 valence electrons. The lowest BCUT2D eigenvalue weighted by atomic mass is 10.5. The van der Waals surface area contributed by atoms with Crippen molar-refractivity contribution in [2.45, 2.75) is 38.3 Å². The first-order valence-corrected chi connectivity index (χ1v) is 11.3. The third-order valence-corrected chi connectivity index (χ3v) is 8.08. The highest BCUT2D eigenvalue weighted by atomic mass is 28.4. The average molecular weight is 316 g/mol. The van der Waals surface area contributed by atoms with Crippen LogP contribution in [-0.4, -0.2) is 40.0 Å². The van der Waals surface area contributed by atoms with Crippen molar-refractivity contribution in [2.24, 2.45) is 0 Å². The maximum Gasteiger partial charge on any atom is 0.389 e. The third-order valence-electron chi connectivity index (χ3n) is 2.10. The summed E-state index contributed by atoms with van der Waals surface area (Å²) in [5.74, 6) is -0.624. The lowest BCUT2D eigenvalue weighted by Crippen LogP contribution is -2.50. The molecule has 0 saturated carbocycles. The van der Waals surface area contributed by atoms with Crippen molar-refractivity contribution in [3.8, 4) is 0 Å². The molecule has 1 atom stereocenters. The first-order valence-electron chi connectivity index (χ1n) is 5.65. The number of hydrogen-bond acceptors (Lipinski definition) is 4. The predicted molar refractivity (Wildman–Crippen MR) is 69.0 cm³/mol. The molecule has 0 aromatic heterocycles. The van der Waals surface area contributed by atoms with E-state index in [-0.39, 0.29) is 6.23 Å². The summed E-state index contributed by atoms with van der Waals surface area (Å²) in [5.41, 5.74) is 0. The Morgan fingerprint density at radius 3 is 2.32 bits per heavy atom. The molecular weight excluding hydrogens is 297 g/mol. The molecule has 4 nitrogen and oxygen atoms in total. The first kappa shape index (κ1) is 18.4. The molecule has 0 spiro atoms. The zero-order valence-electron chi connectivity index (χ0n) is 11.2. The highest BCUT2D eigenvalue weighted by Gasteiger charge is 2.40. The standard InChI is InChI=1S/C10H19F3O4Si2/c1-5-9(14)16-8-18(2,3)17-19(4,15)7-6-10(11,12)13/h5,15H,1,6-8H2,2-4H3. The van der Waals surface area contributed by atoms with Crippen LogP contribution in [0.25, 0.3) is 0 Å². The molecule has 0 heterocycles. The number of hydrogen-bond donors (Lipinski definition) is 1. The van der Waals surface area contributed by atoms with E-state index in [0.29, 0.717) is 0 Å². The van der Waals surface area contributed by atoms with Crippen molar-refractivity contribution in [2.75, 3.05) is 6.23 Å². The molecule has 0 aliphatic heterocycles. The number of halogens is 3. The molecule has 0 fully saturated rings. The van der Waals surface area contributed by atoms with E-state index in [2.05, 4.69) is 6.58 Å². The van der Waals surface area contributed by atoms with Gasteiger partial charge in [-0.3, -0.25) is 0 Å². The van der Waals surface area contributed by atoms with E-state index in [9.17, 15) is 22.8 Å². The van der Waals surface area contributed by atoms with Crippen LogP contribution >= 0.6 is 0 Å². The van der Waals surface area contributed by atoms with E-state index in [1.165, 1.54) is 6.55 Å². The predicted octanol–water partition coefficient (Wildman–Crippen LogP) is 2.49. The number of alkyl halides is 3. The Kier molecular flexibility index (Phi) is 6.46. The number of rotatable bonds is 7. The summed E-state index contributed by atoms with van der Waals surface area (Å²) in [6, 6.07) is -0.428. The molecule has 0 radical (unpaired) electrons. The molecule has 9 heteroatoms. The summed E-state index contributed by atoms with van der Waals surface area (Å²) >= 11 is 0. The van der Waals surface area contributed by atoms with E-state index in [1.54, 1.807) is 13.1 Å². The summed E-state index contributed by atoms with van der Waals surface area (Å²) < 4.78 is 46.6. The summed E-state index contributed by atoms with van der Waals surface area (Å²) in [7, 11) is -5.97. The van der Waals surface area contributed by atoms with Crippen LogP contribution in [0, 0.1) is 0 Å². The van der Waals surface area contributed by atoms with Crippen LogP contribution in [0.2, 0.25) is 25.7 Å². The minimum atomic E-state index is -4.32. The highest BCUT2D eigenvalue weighted by molar-refractivity contribution is 6.82. The van der Waals surface area contributed by atoms with Crippen molar-refractivity contribution < 1.29 is 31.6 Å². The van der Waals surface area contributed by atoms with E-state index >= 15 is 0 Å². The molecule has 1 N–H and O–H groups in total. The van der Waals surface area contributed by atoms with Crippen LogP contribution in [0.4, 0.5) is 13.2 Å². The SMILES string of the molecule is C=CC(=O)OC[Si](C)(C)O[Si](C)(O)CCC(F)(F)F.